The number of nitrogens with one attached hydrogen (secondary N) is 1. The molecule has 0 amide bonds. The van der Waals surface area contributed by atoms with Crippen molar-refractivity contribution in [1.29, 1.82) is 0 Å². The van der Waals surface area contributed by atoms with Gasteiger partial charge in [-0.05, 0) is 12.0 Å². The highest BCUT2D eigenvalue weighted by Gasteiger charge is 2.08. The van der Waals surface area contributed by atoms with Crippen molar-refractivity contribution in [3.63, 3.8) is 0 Å². The van der Waals surface area contributed by atoms with Crippen molar-refractivity contribution in [2.24, 2.45) is 0 Å². The molecule has 2 heteroatoms. The third-order valence-corrected chi connectivity index (χ3v) is 3.62. The van der Waals surface area contributed by atoms with E-state index in [1.54, 1.807) is 0 Å². The van der Waals surface area contributed by atoms with Gasteiger partial charge in [0.05, 0.1) is 0 Å². The minimum absolute atomic E-state index is 0.505. The normalized spacial score (nSPS) is 12.3. The second-order valence-corrected chi connectivity index (χ2v) is 5.22. The van der Waals surface area contributed by atoms with Gasteiger partial charge < -0.3 is 5.32 Å². The molecule has 0 fully saturated rings. The van der Waals surface area contributed by atoms with Crippen LogP contribution in [0.25, 0.3) is 0 Å². The molecule has 0 bridgehead atoms. The Morgan fingerprint density at radius 1 is 1.35 bits per heavy atom. The van der Waals surface area contributed by atoms with Crippen LogP contribution in [0.5, 0.6) is 0 Å². The van der Waals surface area contributed by atoms with Crippen LogP contribution >= 0.6 is 11.8 Å². The Bertz CT molecular complexity index is 297. The van der Waals surface area contributed by atoms with Gasteiger partial charge in [-0.25, -0.2) is 0 Å². The van der Waals surface area contributed by atoms with Crippen molar-refractivity contribution < 1.29 is 0 Å². The molecule has 0 aliphatic heterocycles. The van der Waals surface area contributed by atoms with Crippen LogP contribution < -0.4 is 5.32 Å². The van der Waals surface area contributed by atoms with Crippen LogP contribution in [0.15, 0.2) is 43.0 Å². The van der Waals surface area contributed by atoms with E-state index in [9.17, 15) is 0 Å². The van der Waals surface area contributed by atoms with E-state index in [4.69, 9.17) is 0 Å². The second-order valence-electron chi connectivity index (χ2n) is 4.07. The molecule has 0 aliphatic carbocycles. The smallest absolute Gasteiger partial charge is 0.0320 e. The zero-order chi connectivity index (χ0) is 12.3. The standard InChI is InChI=1S/C15H23NS/c1-3-8-15(14-9-6-5-7-10-14)16-11-13-17-12-4-2/h4-7,9-10,15-16H,2-3,8,11-13H2,1H3. The summed E-state index contributed by atoms with van der Waals surface area (Å²) in [5.41, 5.74) is 1.41. The average molecular weight is 249 g/mol. The van der Waals surface area contributed by atoms with Crippen LogP contribution in [0.3, 0.4) is 0 Å². The van der Waals surface area contributed by atoms with Crippen LogP contribution in [-0.2, 0) is 0 Å². The largest absolute Gasteiger partial charge is 0.309 e. The summed E-state index contributed by atoms with van der Waals surface area (Å²) in [4.78, 5) is 0. The zero-order valence-electron chi connectivity index (χ0n) is 10.7. The van der Waals surface area contributed by atoms with Gasteiger partial charge in [0, 0.05) is 24.1 Å². The van der Waals surface area contributed by atoms with Crippen molar-refractivity contribution in [1.82, 2.24) is 5.32 Å². The Morgan fingerprint density at radius 3 is 2.76 bits per heavy atom. The fourth-order valence-electron chi connectivity index (χ4n) is 1.83. The molecule has 0 aromatic heterocycles. The van der Waals surface area contributed by atoms with Crippen LogP contribution in [0.2, 0.25) is 0 Å². The Balaban J connectivity index is 2.36. The van der Waals surface area contributed by atoms with Crippen molar-refractivity contribution in [3.05, 3.63) is 48.6 Å². The molecular weight excluding hydrogens is 226 g/mol. The number of thioether (sulfide) groups is 1. The maximum absolute atomic E-state index is 3.73. The Labute approximate surface area is 110 Å². The zero-order valence-corrected chi connectivity index (χ0v) is 11.5. The predicted molar refractivity (Wildman–Crippen MR) is 79.6 cm³/mol. The molecule has 1 N–H and O–H groups in total. The maximum Gasteiger partial charge on any atom is 0.0320 e. The minimum Gasteiger partial charge on any atom is -0.309 e. The van der Waals surface area contributed by atoms with Gasteiger partial charge in [-0.1, -0.05) is 49.8 Å². The van der Waals surface area contributed by atoms with Crippen molar-refractivity contribution in [2.45, 2.75) is 25.8 Å². The highest BCUT2D eigenvalue weighted by Crippen LogP contribution is 2.17. The molecule has 0 heterocycles. The quantitative estimate of drug-likeness (QED) is 0.524. The van der Waals surface area contributed by atoms with Crippen LogP contribution in [0.4, 0.5) is 0 Å². The second kappa shape index (κ2) is 9.32. The monoisotopic (exact) mass is 249 g/mol. The van der Waals surface area contributed by atoms with Crippen LogP contribution in [0, 0.1) is 0 Å². The molecule has 0 radical (unpaired) electrons. The Kier molecular flexibility index (Phi) is 7.85. The van der Waals surface area contributed by atoms with E-state index in [-0.39, 0.29) is 0 Å². The van der Waals surface area contributed by atoms with Crippen molar-refractivity contribution >= 4 is 11.8 Å². The average Bonchev–Trinajstić information content (AvgIpc) is 2.38. The molecule has 1 aromatic carbocycles. The predicted octanol–water partition coefficient (Wildman–Crippen LogP) is 4.04. The lowest BCUT2D eigenvalue weighted by Gasteiger charge is -2.18. The summed E-state index contributed by atoms with van der Waals surface area (Å²) in [7, 11) is 0. The van der Waals surface area contributed by atoms with E-state index in [2.05, 4.69) is 49.2 Å². The van der Waals surface area contributed by atoms with Gasteiger partial charge in [0.1, 0.15) is 0 Å². The molecule has 0 saturated carbocycles. The highest BCUT2D eigenvalue weighted by molar-refractivity contribution is 7.99. The van der Waals surface area contributed by atoms with E-state index in [0.717, 1.165) is 18.1 Å². The number of hydrogen-bond donors (Lipinski definition) is 1. The molecule has 1 rings (SSSR count). The lowest BCUT2D eigenvalue weighted by atomic mass is 10.0. The molecule has 0 aliphatic rings. The van der Waals surface area contributed by atoms with Gasteiger partial charge in [-0.3, -0.25) is 0 Å². The minimum atomic E-state index is 0.505. The molecule has 1 atom stereocenters. The first-order chi connectivity index (χ1) is 8.38. The first kappa shape index (κ1) is 14.3. The molecule has 1 nitrogen and oxygen atoms in total. The molecule has 17 heavy (non-hydrogen) atoms. The Hall–Kier alpha value is -0.730. The molecule has 0 saturated heterocycles. The van der Waals surface area contributed by atoms with E-state index in [1.165, 1.54) is 18.4 Å². The fourth-order valence-corrected chi connectivity index (χ4v) is 2.43. The molecule has 0 spiro atoms. The Morgan fingerprint density at radius 2 is 2.12 bits per heavy atom. The highest BCUT2D eigenvalue weighted by atomic mass is 32.2. The molecule has 94 valence electrons. The third-order valence-electron chi connectivity index (χ3n) is 2.65. The number of benzene rings is 1. The summed E-state index contributed by atoms with van der Waals surface area (Å²) in [5, 5.41) is 3.64. The van der Waals surface area contributed by atoms with E-state index in [0.29, 0.717) is 6.04 Å². The summed E-state index contributed by atoms with van der Waals surface area (Å²) in [6, 6.07) is 11.2. The third kappa shape index (κ3) is 5.94. The van der Waals surface area contributed by atoms with Gasteiger partial charge in [0.25, 0.3) is 0 Å². The van der Waals surface area contributed by atoms with Crippen LogP contribution in [-0.4, -0.2) is 18.1 Å². The lowest BCUT2D eigenvalue weighted by Crippen LogP contribution is -2.23. The first-order valence-corrected chi connectivity index (χ1v) is 7.51. The summed E-state index contributed by atoms with van der Waals surface area (Å²) in [5.74, 6) is 2.20. The topological polar surface area (TPSA) is 12.0 Å². The van der Waals surface area contributed by atoms with Gasteiger partial charge >= 0.3 is 0 Å². The maximum atomic E-state index is 3.73. The van der Waals surface area contributed by atoms with Crippen LogP contribution in [0.1, 0.15) is 31.4 Å². The number of rotatable bonds is 9. The summed E-state index contributed by atoms with van der Waals surface area (Å²) in [6.07, 6.45) is 4.38. The first-order valence-electron chi connectivity index (χ1n) is 6.35. The molecular formula is C15H23NS. The summed E-state index contributed by atoms with van der Waals surface area (Å²) in [6.45, 7) is 7.04. The SMILES string of the molecule is C=CCSCCNC(CCC)c1ccccc1. The lowest BCUT2D eigenvalue weighted by molar-refractivity contribution is 0.511. The molecule has 1 unspecified atom stereocenters. The van der Waals surface area contributed by atoms with Gasteiger partial charge in [0.2, 0.25) is 0 Å². The van der Waals surface area contributed by atoms with E-state index in [1.807, 2.05) is 17.8 Å². The summed E-state index contributed by atoms with van der Waals surface area (Å²) >= 11 is 1.93. The van der Waals surface area contributed by atoms with E-state index < -0.39 is 0 Å². The van der Waals surface area contributed by atoms with Gasteiger partial charge in [-0.15, -0.1) is 6.58 Å². The number of hydrogen-bond acceptors (Lipinski definition) is 2. The molecule has 1 aromatic rings. The van der Waals surface area contributed by atoms with Crippen molar-refractivity contribution in [2.75, 3.05) is 18.1 Å². The fraction of sp³-hybridized carbons (Fsp3) is 0.467. The summed E-state index contributed by atoms with van der Waals surface area (Å²) < 4.78 is 0. The van der Waals surface area contributed by atoms with Gasteiger partial charge in [-0.2, -0.15) is 11.8 Å². The van der Waals surface area contributed by atoms with E-state index >= 15 is 0 Å². The van der Waals surface area contributed by atoms with Gasteiger partial charge in [0.15, 0.2) is 0 Å². The van der Waals surface area contributed by atoms with Crippen molar-refractivity contribution in [3.8, 4) is 0 Å².